The Hall–Kier alpha value is -1.02. The maximum absolute atomic E-state index is 5.62. The van der Waals surface area contributed by atoms with Crippen molar-refractivity contribution in [2.75, 3.05) is 18.4 Å². The highest BCUT2D eigenvalue weighted by atomic mass is 14.9. The third-order valence-electron chi connectivity index (χ3n) is 2.44. The predicted octanol–water partition coefficient (Wildman–Crippen LogP) is 1.23. The molecule has 0 saturated carbocycles. The molecule has 0 saturated heterocycles. The van der Waals surface area contributed by atoms with Gasteiger partial charge in [0.1, 0.15) is 0 Å². The number of benzene rings is 1. The Kier molecular flexibility index (Phi) is 2.00. The highest BCUT2D eigenvalue weighted by Gasteiger charge is 2.15. The fourth-order valence-corrected chi connectivity index (χ4v) is 1.67. The van der Waals surface area contributed by atoms with E-state index in [2.05, 4.69) is 29.6 Å². The van der Waals surface area contributed by atoms with E-state index in [0.29, 0.717) is 5.92 Å². The lowest BCUT2D eigenvalue weighted by Gasteiger charge is -2.24. The summed E-state index contributed by atoms with van der Waals surface area (Å²) in [6.45, 7) is 1.80. The summed E-state index contributed by atoms with van der Waals surface area (Å²) in [5.74, 6) is 0.611. The summed E-state index contributed by atoms with van der Waals surface area (Å²) < 4.78 is 0. The number of hydrogen-bond donors (Lipinski definition) is 2. The Morgan fingerprint density at radius 2 is 2.25 bits per heavy atom. The largest absolute Gasteiger partial charge is 0.384 e. The van der Waals surface area contributed by atoms with Crippen LogP contribution >= 0.6 is 0 Å². The lowest BCUT2D eigenvalue weighted by atomic mass is 9.94. The summed E-state index contributed by atoms with van der Waals surface area (Å²) >= 11 is 0. The molecule has 1 unspecified atom stereocenters. The van der Waals surface area contributed by atoms with E-state index in [4.69, 9.17) is 5.73 Å². The van der Waals surface area contributed by atoms with Gasteiger partial charge in [0.25, 0.3) is 0 Å². The van der Waals surface area contributed by atoms with Gasteiger partial charge in [-0.2, -0.15) is 0 Å². The molecule has 1 aromatic carbocycles. The van der Waals surface area contributed by atoms with Crippen LogP contribution in [0.3, 0.4) is 0 Å². The number of rotatable bonds is 1. The van der Waals surface area contributed by atoms with E-state index in [1.807, 2.05) is 0 Å². The van der Waals surface area contributed by atoms with E-state index < -0.39 is 0 Å². The quantitative estimate of drug-likeness (QED) is 0.651. The van der Waals surface area contributed by atoms with Gasteiger partial charge < -0.3 is 11.1 Å². The zero-order valence-electron chi connectivity index (χ0n) is 7.09. The highest BCUT2D eigenvalue weighted by Crippen LogP contribution is 2.23. The molecule has 1 heterocycles. The van der Waals surface area contributed by atoms with Crippen LogP contribution in [0.25, 0.3) is 0 Å². The van der Waals surface area contributed by atoms with E-state index in [1.54, 1.807) is 0 Å². The molecule has 0 aliphatic carbocycles. The molecule has 0 bridgehead atoms. The predicted molar refractivity (Wildman–Crippen MR) is 51.2 cm³/mol. The van der Waals surface area contributed by atoms with E-state index in [1.165, 1.54) is 11.3 Å². The molecule has 1 aliphatic rings. The molecular weight excluding hydrogens is 148 g/mol. The highest BCUT2D eigenvalue weighted by molar-refractivity contribution is 5.53. The lowest BCUT2D eigenvalue weighted by Crippen LogP contribution is -2.29. The standard InChI is InChI=1S/C10H14N2/c11-6-8-5-9-3-1-2-4-10(9)12-7-8/h1-4,8,12H,5-7,11H2. The number of nitrogens with one attached hydrogen (secondary N) is 1. The van der Waals surface area contributed by atoms with Crippen LogP contribution in [0.15, 0.2) is 24.3 Å². The van der Waals surface area contributed by atoms with Gasteiger partial charge >= 0.3 is 0 Å². The van der Waals surface area contributed by atoms with Crippen molar-refractivity contribution >= 4 is 5.69 Å². The van der Waals surface area contributed by atoms with Crippen LogP contribution in [-0.4, -0.2) is 13.1 Å². The minimum Gasteiger partial charge on any atom is -0.384 e. The zero-order chi connectivity index (χ0) is 8.39. The van der Waals surface area contributed by atoms with Crippen LogP contribution in [-0.2, 0) is 6.42 Å². The molecule has 64 valence electrons. The molecule has 2 rings (SSSR count). The van der Waals surface area contributed by atoms with Crippen molar-refractivity contribution < 1.29 is 0 Å². The Balaban J connectivity index is 2.23. The van der Waals surface area contributed by atoms with Crippen LogP contribution in [0.2, 0.25) is 0 Å². The first-order chi connectivity index (χ1) is 5.90. The van der Waals surface area contributed by atoms with Gasteiger partial charge in [-0.05, 0) is 30.5 Å². The van der Waals surface area contributed by atoms with E-state index in [0.717, 1.165) is 19.5 Å². The second-order valence-corrected chi connectivity index (χ2v) is 3.34. The number of hydrogen-bond acceptors (Lipinski definition) is 2. The molecule has 1 aliphatic heterocycles. The summed E-state index contributed by atoms with van der Waals surface area (Å²) in [4.78, 5) is 0. The van der Waals surface area contributed by atoms with Gasteiger partial charge in [-0.25, -0.2) is 0 Å². The van der Waals surface area contributed by atoms with E-state index in [-0.39, 0.29) is 0 Å². The van der Waals surface area contributed by atoms with E-state index in [9.17, 15) is 0 Å². The van der Waals surface area contributed by atoms with Gasteiger partial charge in [-0.1, -0.05) is 18.2 Å². The molecule has 0 spiro atoms. The first-order valence-electron chi connectivity index (χ1n) is 4.42. The molecule has 12 heavy (non-hydrogen) atoms. The van der Waals surface area contributed by atoms with Gasteiger partial charge in [0.2, 0.25) is 0 Å². The molecule has 2 nitrogen and oxygen atoms in total. The normalized spacial score (nSPS) is 21.2. The molecule has 0 aromatic heterocycles. The summed E-state index contributed by atoms with van der Waals surface area (Å²) in [5, 5.41) is 3.38. The van der Waals surface area contributed by atoms with Crippen molar-refractivity contribution in [2.24, 2.45) is 11.7 Å². The van der Waals surface area contributed by atoms with Gasteiger partial charge in [0, 0.05) is 12.2 Å². The number of nitrogens with two attached hydrogens (primary N) is 1. The molecular formula is C10H14N2. The molecule has 2 heteroatoms. The lowest BCUT2D eigenvalue weighted by molar-refractivity contribution is 0.550. The van der Waals surface area contributed by atoms with Crippen molar-refractivity contribution in [3.63, 3.8) is 0 Å². The fraction of sp³-hybridized carbons (Fsp3) is 0.400. The van der Waals surface area contributed by atoms with Crippen molar-refractivity contribution in [1.29, 1.82) is 0 Å². The van der Waals surface area contributed by atoms with E-state index >= 15 is 0 Å². The molecule has 1 aromatic rings. The van der Waals surface area contributed by atoms with Gasteiger partial charge in [-0.15, -0.1) is 0 Å². The van der Waals surface area contributed by atoms with Crippen LogP contribution in [0.5, 0.6) is 0 Å². The Labute approximate surface area is 72.8 Å². The third-order valence-corrected chi connectivity index (χ3v) is 2.44. The molecule has 0 radical (unpaired) electrons. The Morgan fingerprint density at radius 1 is 1.42 bits per heavy atom. The van der Waals surface area contributed by atoms with Crippen LogP contribution in [0.4, 0.5) is 5.69 Å². The SMILES string of the molecule is NCC1CNc2ccccc2C1. The monoisotopic (exact) mass is 162 g/mol. The van der Waals surface area contributed by atoms with Crippen molar-refractivity contribution in [3.8, 4) is 0 Å². The summed E-state index contributed by atoms with van der Waals surface area (Å²) in [6, 6.07) is 8.44. The van der Waals surface area contributed by atoms with Crippen LogP contribution in [0.1, 0.15) is 5.56 Å². The smallest absolute Gasteiger partial charge is 0.0372 e. The van der Waals surface area contributed by atoms with Gasteiger partial charge in [0.15, 0.2) is 0 Å². The average Bonchev–Trinajstić information content (AvgIpc) is 2.17. The van der Waals surface area contributed by atoms with Gasteiger partial charge in [0.05, 0.1) is 0 Å². The van der Waals surface area contributed by atoms with Crippen molar-refractivity contribution in [2.45, 2.75) is 6.42 Å². The number of anilines is 1. The zero-order valence-corrected chi connectivity index (χ0v) is 7.09. The second-order valence-electron chi connectivity index (χ2n) is 3.34. The Bertz CT molecular complexity index is 270. The minimum absolute atomic E-state index is 0.611. The third kappa shape index (κ3) is 1.30. The van der Waals surface area contributed by atoms with Crippen LogP contribution in [0, 0.1) is 5.92 Å². The molecule has 3 N–H and O–H groups in total. The summed E-state index contributed by atoms with van der Waals surface area (Å²) in [6.07, 6.45) is 1.12. The second kappa shape index (κ2) is 3.15. The van der Waals surface area contributed by atoms with Crippen molar-refractivity contribution in [3.05, 3.63) is 29.8 Å². The average molecular weight is 162 g/mol. The van der Waals surface area contributed by atoms with Crippen molar-refractivity contribution in [1.82, 2.24) is 0 Å². The maximum Gasteiger partial charge on any atom is 0.0372 e. The summed E-state index contributed by atoms with van der Waals surface area (Å²) in [5.41, 5.74) is 8.30. The topological polar surface area (TPSA) is 38.0 Å². The molecule has 0 amide bonds. The number of fused-ring (bicyclic) bond motifs is 1. The fourth-order valence-electron chi connectivity index (χ4n) is 1.67. The van der Waals surface area contributed by atoms with Crippen LogP contribution < -0.4 is 11.1 Å². The first-order valence-corrected chi connectivity index (χ1v) is 4.42. The minimum atomic E-state index is 0.611. The number of para-hydroxylation sites is 1. The molecule has 0 fully saturated rings. The summed E-state index contributed by atoms with van der Waals surface area (Å²) in [7, 11) is 0. The molecule has 1 atom stereocenters. The first kappa shape index (κ1) is 7.62. The van der Waals surface area contributed by atoms with Gasteiger partial charge in [-0.3, -0.25) is 0 Å². The Morgan fingerprint density at radius 3 is 3.08 bits per heavy atom. The maximum atomic E-state index is 5.62.